The summed E-state index contributed by atoms with van der Waals surface area (Å²) in [5.41, 5.74) is 6.55. The summed E-state index contributed by atoms with van der Waals surface area (Å²) in [6.07, 6.45) is 3.36. The molecule has 41 heavy (non-hydrogen) atoms. The number of aromatic hydroxyl groups is 1. The molecule has 0 bridgehead atoms. The minimum atomic E-state index is -3.50. The molecule has 1 unspecified atom stereocenters. The van der Waals surface area contributed by atoms with Crippen molar-refractivity contribution in [2.45, 2.75) is 74.0 Å². The first-order valence-corrected chi connectivity index (χ1v) is 15.9. The van der Waals surface area contributed by atoms with Crippen LogP contribution in [0.4, 0.5) is 0 Å². The summed E-state index contributed by atoms with van der Waals surface area (Å²) >= 11 is 0. The third kappa shape index (κ3) is 7.79. The number of cyclic esters (lactones) is 1. The number of fused-ring (bicyclic) bond motifs is 1. The van der Waals surface area contributed by atoms with Crippen LogP contribution in [-0.2, 0) is 38.3 Å². The van der Waals surface area contributed by atoms with E-state index < -0.39 is 25.5 Å². The molecule has 0 fully saturated rings. The second kappa shape index (κ2) is 14.2. The topological polar surface area (TPSA) is 123 Å². The number of hydrogen-bond acceptors (Lipinski definition) is 8. The van der Waals surface area contributed by atoms with E-state index in [1.807, 2.05) is 58.9 Å². The number of rotatable bonds is 14. The number of carbonyl (C=O) groups is 2. The molecule has 3 rings (SSSR count). The van der Waals surface area contributed by atoms with Gasteiger partial charge in [0.2, 0.25) is 0 Å². The lowest BCUT2D eigenvalue weighted by Crippen LogP contribution is -2.36. The van der Waals surface area contributed by atoms with Gasteiger partial charge in [-0.25, -0.2) is 9.88 Å². The molecule has 2 atom stereocenters. The van der Waals surface area contributed by atoms with Gasteiger partial charge in [0.05, 0.1) is 12.8 Å². The molecule has 1 heterocycles. The Balaban J connectivity index is 1.68. The van der Waals surface area contributed by atoms with E-state index in [1.54, 1.807) is 13.8 Å². The maximum absolute atomic E-state index is 14.0. The highest BCUT2D eigenvalue weighted by atomic mass is 31.2. The summed E-state index contributed by atoms with van der Waals surface area (Å²) in [7, 11) is -3.50. The zero-order valence-corrected chi connectivity index (χ0v) is 26.1. The lowest BCUT2D eigenvalue weighted by Gasteiger charge is -2.25. The van der Waals surface area contributed by atoms with Gasteiger partial charge in [0.15, 0.2) is 0 Å². The van der Waals surface area contributed by atoms with Crippen LogP contribution in [0.3, 0.4) is 0 Å². The van der Waals surface area contributed by atoms with Crippen molar-refractivity contribution >= 4 is 19.5 Å². The minimum Gasteiger partial charge on any atom is -0.507 e. The number of benzene rings is 2. The number of ether oxygens (including phenoxy) is 2. The average molecular weight is 587 g/mol. The predicted octanol–water partition coefficient (Wildman–Crippen LogP) is 5.44. The van der Waals surface area contributed by atoms with Gasteiger partial charge in [-0.05, 0) is 76.6 Å². The van der Waals surface area contributed by atoms with Crippen LogP contribution in [0.25, 0.3) is 0 Å². The molecule has 1 aliphatic heterocycles. The molecule has 0 radical (unpaired) electrons. The van der Waals surface area contributed by atoms with E-state index in [-0.39, 0.29) is 30.7 Å². The normalized spacial score (nSPS) is 15.2. The summed E-state index contributed by atoms with van der Waals surface area (Å²) in [4.78, 5) is 24.5. The molecule has 0 saturated carbocycles. The molecule has 9 nitrogen and oxygen atoms in total. The number of para-hydroxylation sites is 1. The van der Waals surface area contributed by atoms with Crippen molar-refractivity contribution in [3.05, 3.63) is 68.8 Å². The van der Waals surface area contributed by atoms with Gasteiger partial charge < -0.3 is 24.4 Å². The first-order chi connectivity index (χ1) is 19.4. The van der Waals surface area contributed by atoms with Gasteiger partial charge >= 0.3 is 19.5 Å². The van der Waals surface area contributed by atoms with Gasteiger partial charge in [-0.3, -0.25) is 9.36 Å². The van der Waals surface area contributed by atoms with Gasteiger partial charge in [-0.1, -0.05) is 36.8 Å². The van der Waals surface area contributed by atoms with E-state index in [9.17, 15) is 19.3 Å². The van der Waals surface area contributed by atoms with E-state index in [0.717, 1.165) is 45.4 Å². The van der Waals surface area contributed by atoms with Gasteiger partial charge in [0.25, 0.3) is 0 Å². The van der Waals surface area contributed by atoms with Crippen molar-refractivity contribution in [1.29, 1.82) is 0 Å². The van der Waals surface area contributed by atoms with Gasteiger partial charge in [0.1, 0.15) is 29.7 Å². The minimum absolute atomic E-state index is 0.00772. The van der Waals surface area contributed by atoms with Crippen LogP contribution >= 0.6 is 7.52 Å². The molecular weight excluding hydrogens is 543 g/mol. The molecule has 0 saturated heterocycles. The van der Waals surface area contributed by atoms with Crippen molar-refractivity contribution in [1.82, 2.24) is 10.4 Å². The van der Waals surface area contributed by atoms with E-state index in [1.165, 1.54) is 0 Å². The van der Waals surface area contributed by atoms with Gasteiger partial charge in [-0.2, -0.15) is 0 Å². The van der Waals surface area contributed by atoms with Crippen molar-refractivity contribution in [3.8, 4) is 11.5 Å². The number of esters is 2. The number of phenolic OH excluding ortho intramolecular Hbond substituents is 1. The summed E-state index contributed by atoms with van der Waals surface area (Å²) in [5, 5.41) is 17.1. The largest absolute Gasteiger partial charge is 0.507 e. The molecule has 3 N–H and O–H groups in total. The Hall–Kier alpha value is -3.13. The highest BCUT2D eigenvalue weighted by Gasteiger charge is 2.32. The number of hydrogen-bond donors (Lipinski definition) is 3. The average Bonchev–Trinajstić information content (AvgIpc) is 3.32. The fourth-order valence-corrected chi connectivity index (χ4v) is 7.05. The molecule has 224 valence electrons. The Morgan fingerprint density at radius 1 is 1.20 bits per heavy atom. The fraction of sp³-hybridized carbons (Fsp3) is 0.484. The maximum Gasteiger partial charge on any atom is 0.342 e. The van der Waals surface area contributed by atoms with E-state index in [4.69, 9.17) is 14.0 Å². The van der Waals surface area contributed by atoms with Crippen LogP contribution < -0.4 is 14.9 Å². The number of nitrogens with one attached hydrogen (secondary N) is 2. The van der Waals surface area contributed by atoms with Crippen molar-refractivity contribution in [2.24, 2.45) is 0 Å². The second-order valence-corrected chi connectivity index (χ2v) is 12.7. The highest BCUT2D eigenvalue weighted by Crippen LogP contribution is 2.45. The second-order valence-electron chi connectivity index (χ2n) is 10.5. The Morgan fingerprint density at radius 2 is 1.88 bits per heavy atom. The molecule has 0 aliphatic carbocycles. The smallest absolute Gasteiger partial charge is 0.342 e. The lowest BCUT2D eigenvalue weighted by molar-refractivity contribution is -0.144. The van der Waals surface area contributed by atoms with E-state index >= 15 is 0 Å². The standard InChI is InChI=1S/C31H43N2O7P/c1-8-24-22(6)26-18-39-31(36)27(26)28(34)25(24)14-13-19(3)17-32-15-16-41(37,33-23(7)30(35)38-9-2)40-29-20(4)11-10-12-21(29)5/h10-13,23,32,34H,8-9,14-18H2,1-7H3,(H,33,37)/t23-,41?/m0/s1. The number of carbonyl (C=O) groups excluding carboxylic acids is 2. The Bertz CT molecular complexity index is 1350. The van der Waals surface area contributed by atoms with Gasteiger partial charge in [-0.15, -0.1) is 0 Å². The van der Waals surface area contributed by atoms with Crippen molar-refractivity contribution in [2.75, 3.05) is 25.9 Å². The number of phenols is 1. The highest BCUT2D eigenvalue weighted by molar-refractivity contribution is 7.57. The maximum atomic E-state index is 14.0. The molecule has 0 spiro atoms. The quantitative estimate of drug-likeness (QED) is 0.115. The lowest BCUT2D eigenvalue weighted by atomic mass is 9.89. The Kier molecular flexibility index (Phi) is 11.2. The first-order valence-electron chi connectivity index (χ1n) is 14.1. The fourth-order valence-electron chi connectivity index (χ4n) is 5.04. The molecule has 2 aromatic rings. The van der Waals surface area contributed by atoms with Crippen LogP contribution in [0.1, 0.15) is 71.4 Å². The monoisotopic (exact) mass is 586 g/mol. The van der Waals surface area contributed by atoms with Crippen LogP contribution in [-0.4, -0.2) is 48.9 Å². The molecule has 0 amide bonds. The van der Waals surface area contributed by atoms with Crippen LogP contribution in [0.2, 0.25) is 0 Å². The Labute approximate surface area is 243 Å². The molecule has 1 aliphatic rings. The summed E-state index contributed by atoms with van der Waals surface area (Å²) in [5.74, 6) is -0.427. The summed E-state index contributed by atoms with van der Waals surface area (Å²) < 4.78 is 30.3. The Morgan fingerprint density at radius 3 is 2.51 bits per heavy atom. The third-order valence-electron chi connectivity index (χ3n) is 7.32. The van der Waals surface area contributed by atoms with Gasteiger partial charge in [0, 0.05) is 24.2 Å². The third-order valence-corrected chi connectivity index (χ3v) is 9.39. The molecular formula is C31H43N2O7P. The van der Waals surface area contributed by atoms with E-state index in [2.05, 4.69) is 10.4 Å². The zero-order valence-electron chi connectivity index (χ0n) is 25.2. The molecule has 0 aromatic heterocycles. The SMILES string of the molecule is CCOC(=O)[C@H](C)NP(=O)(CCNCC(C)=CCc1c(O)c2c(c(C)c1CC)COC2=O)Oc1c(C)cccc1C. The van der Waals surface area contributed by atoms with Crippen LogP contribution in [0.15, 0.2) is 29.8 Å². The zero-order chi connectivity index (χ0) is 30.3. The van der Waals surface area contributed by atoms with E-state index in [0.29, 0.717) is 25.3 Å². The number of allylic oxidation sites excluding steroid dienone is 1. The molecule has 2 aromatic carbocycles. The van der Waals surface area contributed by atoms with Crippen molar-refractivity contribution < 1.29 is 33.3 Å². The van der Waals surface area contributed by atoms with Crippen molar-refractivity contribution in [3.63, 3.8) is 0 Å². The van der Waals surface area contributed by atoms with Crippen LogP contribution in [0.5, 0.6) is 11.5 Å². The first kappa shape index (κ1) is 32.4. The molecule has 10 heteroatoms. The summed E-state index contributed by atoms with van der Waals surface area (Å²) in [6, 6.07) is 4.88. The van der Waals surface area contributed by atoms with Crippen LogP contribution in [0, 0.1) is 20.8 Å². The number of aryl methyl sites for hydroxylation is 2. The summed E-state index contributed by atoms with van der Waals surface area (Å²) in [6.45, 7) is 14.4. The predicted molar refractivity (Wildman–Crippen MR) is 160 cm³/mol.